The summed E-state index contributed by atoms with van der Waals surface area (Å²) in [6, 6.07) is 0.322. The van der Waals surface area contributed by atoms with Crippen LogP contribution in [0.4, 0.5) is 0 Å². The molecule has 1 saturated heterocycles. The first-order valence-electron chi connectivity index (χ1n) is 6.24. The van der Waals surface area contributed by atoms with Crippen LogP contribution in [0.25, 0.3) is 0 Å². The van der Waals surface area contributed by atoms with Crippen LogP contribution in [-0.4, -0.2) is 39.0 Å². The minimum atomic E-state index is 0.261. The maximum Gasteiger partial charge on any atom is 0.0739 e. The number of hydrogen-bond acceptors (Lipinski definition) is 3. The van der Waals surface area contributed by atoms with Crippen LogP contribution in [0, 0.1) is 6.92 Å². The van der Waals surface area contributed by atoms with Gasteiger partial charge >= 0.3 is 0 Å². The van der Waals surface area contributed by atoms with E-state index in [9.17, 15) is 5.11 Å². The van der Waals surface area contributed by atoms with Crippen molar-refractivity contribution in [1.82, 2.24) is 14.7 Å². The Hall–Kier alpha value is -0.390. The van der Waals surface area contributed by atoms with Gasteiger partial charge in [0.25, 0.3) is 0 Å². The summed E-state index contributed by atoms with van der Waals surface area (Å²) in [5.41, 5.74) is 2.27. The zero-order valence-corrected chi connectivity index (χ0v) is 12.1. The van der Waals surface area contributed by atoms with E-state index in [1.807, 2.05) is 11.6 Å². The van der Waals surface area contributed by atoms with Gasteiger partial charge in [0.15, 0.2) is 0 Å². The number of aromatic nitrogens is 2. The lowest BCUT2D eigenvalue weighted by Gasteiger charge is -2.23. The summed E-state index contributed by atoms with van der Waals surface area (Å²) in [5, 5.41) is 13.8. The minimum absolute atomic E-state index is 0.261. The third-order valence-corrected chi connectivity index (χ3v) is 4.55. The predicted octanol–water partition coefficient (Wildman–Crippen LogP) is 1.93. The van der Waals surface area contributed by atoms with Gasteiger partial charge in [0, 0.05) is 19.1 Å². The highest BCUT2D eigenvalue weighted by atomic mass is 79.9. The van der Waals surface area contributed by atoms with Gasteiger partial charge in [-0.25, -0.2) is 0 Å². The van der Waals surface area contributed by atoms with Crippen molar-refractivity contribution < 1.29 is 5.11 Å². The third kappa shape index (κ3) is 2.56. The number of likely N-dealkylation sites (tertiary alicyclic amines) is 1. The molecular formula is C12H20BrN3O. The standard InChI is InChI=1S/C12H20BrN3O/c1-3-16-11(12(13)9(2)14-16)7-15-6-4-5-10(15)8-17/h10,17H,3-8H2,1-2H3/t10-/m0/s1. The lowest BCUT2D eigenvalue weighted by Crippen LogP contribution is -2.32. The van der Waals surface area contributed by atoms with Gasteiger partial charge in [0.2, 0.25) is 0 Å². The summed E-state index contributed by atoms with van der Waals surface area (Å²) >= 11 is 3.62. The molecule has 1 aromatic heterocycles. The second kappa shape index (κ2) is 5.50. The third-order valence-electron chi connectivity index (χ3n) is 3.52. The van der Waals surface area contributed by atoms with Crippen LogP contribution in [0.5, 0.6) is 0 Å². The molecule has 96 valence electrons. The number of aryl methyl sites for hydroxylation is 2. The molecule has 1 aromatic rings. The Balaban J connectivity index is 2.17. The number of rotatable bonds is 4. The van der Waals surface area contributed by atoms with Crippen molar-refractivity contribution in [3.63, 3.8) is 0 Å². The van der Waals surface area contributed by atoms with Crippen molar-refractivity contribution in [2.75, 3.05) is 13.2 Å². The molecule has 1 N–H and O–H groups in total. The number of hydrogen-bond donors (Lipinski definition) is 1. The smallest absolute Gasteiger partial charge is 0.0739 e. The Morgan fingerprint density at radius 1 is 1.53 bits per heavy atom. The van der Waals surface area contributed by atoms with Crippen LogP contribution in [0.1, 0.15) is 31.2 Å². The largest absolute Gasteiger partial charge is 0.395 e. The monoisotopic (exact) mass is 301 g/mol. The Bertz CT molecular complexity index is 391. The molecule has 1 fully saturated rings. The van der Waals surface area contributed by atoms with Gasteiger partial charge in [-0.1, -0.05) is 0 Å². The van der Waals surface area contributed by atoms with Crippen molar-refractivity contribution in [2.24, 2.45) is 0 Å². The van der Waals surface area contributed by atoms with Crippen molar-refractivity contribution in [3.05, 3.63) is 15.9 Å². The molecule has 1 atom stereocenters. The van der Waals surface area contributed by atoms with E-state index in [1.165, 1.54) is 12.1 Å². The molecule has 0 amide bonds. The average Bonchev–Trinajstić information content (AvgIpc) is 2.88. The van der Waals surface area contributed by atoms with Crippen LogP contribution in [0.3, 0.4) is 0 Å². The number of aliphatic hydroxyl groups excluding tert-OH is 1. The fraction of sp³-hybridized carbons (Fsp3) is 0.750. The van der Waals surface area contributed by atoms with Crippen LogP contribution in [0.15, 0.2) is 4.47 Å². The van der Waals surface area contributed by atoms with E-state index in [2.05, 4.69) is 32.9 Å². The van der Waals surface area contributed by atoms with E-state index in [-0.39, 0.29) is 6.61 Å². The van der Waals surface area contributed by atoms with Crippen LogP contribution >= 0.6 is 15.9 Å². The van der Waals surface area contributed by atoms with Crippen molar-refractivity contribution >= 4 is 15.9 Å². The molecule has 0 saturated carbocycles. The first kappa shape index (κ1) is 13.1. The summed E-state index contributed by atoms with van der Waals surface area (Å²) in [5.74, 6) is 0. The molecule has 0 bridgehead atoms. The summed E-state index contributed by atoms with van der Waals surface area (Å²) < 4.78 is 3.16. The number of aliphatic hydroxyl groups is 1. The summed E-state index contributed by atoms with van der Waals surface area (Å²) in [6.07, 6.45) is 2.29. The maximum absolute atomic E-state index is 9.34. The molecule has 0 aliphatic carbocycles. The normalized spacial score (nSPS) is 21.3. The molecule has 2 heterocycles. The highest BCUT2D eigenvalue weighted by Gasteiger charge is 2.26. The quantitative estimate of drug-likeness (QED) is 0.924. The predicted molar refractivity (Wildman–Crippen MR) is 70.9 cm³/mol. The molecule has 2 rings (SSSR count). The molecule has 17 heavy (non-hydrogen) atoms. The average molecular weight is 302 g/mol. The van der Waals surface area contributed by atoms with E-state index in [4.69, 9.17) is 0 Å². The van der Waals surface area contributed by atoms with Gasteiger partial charge in [0.1, 0.15) is 0 Å². The first-order chi connectivity index (χ1) is 8.17. The van der Waals surface area contributed by atoms with Crippen LogP contribution < -0.4 is 0 Å². The van der Waals surface area contributed by atoms with E-state index >= 15 is 0 Å². The molecule has 1 aliphatic heterocycles. The molecule has 0 spiro atoms. The fourth-order valence-electron chi connectivity index (χ4n) is 2.52. The van der Waals surface area contributed by atoms with Crippen molar-refractivity contribution in [1.29, 1.82) is 0 Å². The molecule has 0 radical (unpaired) electrons. The highest BCUT2D eigenvalue weighted by molar-refractivity contribution is 9.10. The fourth-order valence-corrected chi connectivity index (χ4v) is 2.93. The Labute approximate surface area is 111 Å². The molecule has 1 aliphatic rings. The van der Waals surface area contributed by atoms with E-state index in [0.29, 0.717) is 6.04 Å². The number of nitrogens with zero attached hydrogens (tertiary/aromatic N) is 3. The van der Waals surface area contributed by atoms with Gasteiger partial charge in [-0.3, -0.25) is 9.58 Å². The SMILES string of the molecule is CCn1nc(C)c(Br)c1CN1CCC[C@H]1CO. The van der Waals surface area contributed by atoms with E-state index in [1.54, 1.807) is 0 Å². The summed E-state index contributed by atoms with van der Waals surface area (Å²) in [4.78, 5) is 2.35. The second-order valence-corrected chi connectivity index (χ2v) is 5.40. The first-order valence-corrected chi connectivity index (χ1v) is 7.03. The van der Waals surface area contributed by atoms with Crippen LogP contribution in [0.2, 0.25) is 0 Å². The second-order valence-electron chi connectivity index (χ2n) is 4.61. The van der Waals surface area contributed by atoms with Gasteiger partial charge in [-0.2, -0.15) is 5.10 Å². The summed E-state index contributed by atoms with van der Waals surface area (Å²) in [7, 11) is 0. The van der Waals surface area contributed by atoms with Crippen LogP contribution in [-0.2, 0) is 13.1 Å². The zero-order chi connectivity index (χ0) is 12.4. The Kier molecular flexibility index (Phi) is 4.22. The molecular weight excluding hydrogens is 282 g/mol. The van der Waals surface area contributed by atoms with Crippen molar-refractivity contribution in [3.8, 4) is 0 Å². The van der Waals surface area contributed by atoms with Gasteiger partial charge < -0.3 is 5.11 Å². The van der Waals surface area contributed by atoms with E-state index < -0.39 is 0 Å². The Morgan fingerprint density at radius 2 is 2.29 bits per heavy atom. The maximum atomic E-state index is 9.34. The highest BCUT2D eigenvalue weighted by Crippen LogP contribution is 2.26. The topological polar surface area (TPSA) is 41.3 Å². The molecule has 4 nitrogen and oxygen atoms in total. The number of halogens is 1. The van der Waals surface area contributed by atoms with E-state index in [0.717, 1.165) is 36.2 Å². The van der Waals surface area contributed by atoms with Gasteiger partial charge in [0.05, 0.1) is 22.5 Å². The van der Waals surface area contributed by atoms with Crippen molar-refractivity contribution in [2.45, 2.75) is 45.8 Å². The minimum Gasteiger partial charge on any atom is -0.395 e. The lowest BCUT2D eigenvalue weighted by molar-refractivity contribution is 0.150. The van der Waals surface area contributed by atoms with Gasteiger partial charge in [-0.05, 0) is 49.2 Å². The molecule has 0 aromatic carbocycles. The van der Waals surface area contributed by atoms with Gasteiger partial charge in [-0.15, -0.1) is 0 Å². The Morgan fingerprint density at radius 3 is 2.94 bits per heavy atom. The zero-order valence-electron chi connectivity index (χ0n) is 10.5. The lowest BCUT2D eigenvalue weighted by atomic mass is 10.2. The summed E-state index contributed by atoms with van der Waals surface area (Å²) in [6.45, 7) is 7.23. The molecule has 0 unspecified atom stereocenters. The molecule has 5 heteroatoms.